The van der Waals surface area contributed by atoms with E-state index in [2.05, 4.69) is 22.3 Å². The number of rotatable bonds is 6. The number of nitrogens with zero attached hydrogens (tertiary/aromatic N) is 2. The van der Waals surface area contributed by atoms with E-state index in [0.29, 0.717) is 5.92 Å². The number of hydrogen-bond acceptors (Lipinski definition) is 5. The molecule has 0 amide bonds. The average Bonchev–Trinajstić information content (AvgIpc) is 3.13. The maximum atomic E-state index is 5.42. The van der Waals surface area contributed by atoms with Gasteiger partial charge in [-0.05, 0) is 25.0 Å². The molecule has 0 aromatic carbocycles. The molecular formula is C11H18N4S. The monoisotopic (exact) mass is 238 g/mol. The summed E-state index contributed by atoms with van der Waals surface area (Å²) in [5.41, 5.74) is 3.77. The van der Waals surface area contributed by atoms with E-state index in [9.17, 15) is 0 Å². The predicted molar refractivity (Wildman–Crippen MR) is 68.3 cm³/mol. The van der Waals surface area contributed by atoms with Gasteiger partial charge in [0, 0.05) is 17.7 Å². The molecule has 1 aliphatic rings. The summed E-state index contributed by atoms with van der Waals surface area (Å²) in [6.07, 6.45) is 3.69. The molecule has 5 heteroatoms. The summed E-state index contributed by atoms with van der Waals surface area (Å²) in [6.45, 7) is 2.18. The molecule has 2 rings (SSSR count). The van der Waals surface area contributed by atoms with Gasteiger partial charge in [-0.1, -0.05) is 6.92 Å². The third kappa shape index (κ3) is 3.09. The van der Waals surface area contributed by atoms with Gasteiger partial charge >= 0.3 is 0 Å². The number of nitrogen functional groups attached to an aromatic ring is 1. The molecule has 88 valence electrons. The van der Waals surface area contributed by atoms with Gasteiger partial charge in [0.25, 0.3) is 0 Å². The van der Waals surface area contributed by atoms with Crippen LogP contribution in [0.4, 0.5) is 5.82 Å². The summed E-state index contributed by atoms with van der Waals surface area (Å²) in [5, 5.41) is 0. The first-order valence-corrected chi connectivity index (χ1v) is 6.91. The Labute approximate surface area is 100 Å². The molecule has 0 bridgehead atoms. The molecule has 0 saturated heterocycles. The van der Waals surface area contributed by atoms with Crippen molar-refractivity contribution in [2.24, 2.45) is 5.84 Å². The zero-order valence-electron chi connectivity index (χ0n) is 9.57. The van der Waals surface area contributed by atoms with Crippen LogP contribution in [0.25, 0.3) is 0 Å². The SMILES string of the molecule is CCCSCc1nc(NN)cc(C2CC2)n1. The van der Waals surface area contributed by atoms with Gasteiger partial charge in [0.15, 0.2) is 0 Å². The highest BCUT2D eigenvalue weighted by Crippen LogP contribution is 2.39. The molecular weight excluding hydrogens is 220 g/mol. The predicted octanol–water partition coefficient (Wildman–Crippen LogP) is 2.28. The Bertz CT molecular complexity index is 352. The number of hydrazine groups is 1. The molecule has 1 aromatic heterocycles. The average molecular weight is 238 g/mol. The first kappa shape index (κ1) is 11.7. The van der Waals surface area contributed by atoms with Crippen LogP contribution >= 0.6 is 11.8 Å². The lowest BCUT2D eigenvalue weighted by Crippen LogP contribution is -2.11. The van der Waals surface area contributed by atoms with E-state index < -0.39 is 0 Å². The van der Waals surface area contributed by atoms with Crippen molar-refractivity contribution in [3.05, 3.63) is 17.6 Å². The molecule has 3 N–H and O–H groups in total. The number of nitrogens with two attached hydrogens (primary N) is 1. The third-order valence-corrected chi connectivity index (χ3v) is 3.67. The Balaban J connectivity index is 2.06. The van der Waals surface area contributed by atoms with Gasteiger partial charge in [0.2, 0.25) is 0 Å². The fourth-order valence-electron chi connectivity index (χ4n) is 1.55. The van der Waals surface area contributed by atoms with Crippen molar-refractivity contribution in [3.63, 3.8) is 0 Å². The Hall–Kier alpha value is -0.810. The van der Waals surface area contributed by atoms with Crippen LogP contribution in [0.1, 0.15) is 43.6 Å². The van der Waals surface area contributed by atoms with Crippen LogP contribution in [0, 0.1) is 0 Å². The Morgan fingerprint density at radius 2 is 2.31 bits per heavy atom. The van der Waals surface area contributed by atoms with Crippen molar-refractivity contribution >= 4 is 17.6 Å². The highest BCUT2D eigenvalue weighted by Gasteiger charge is 2.26. The first-order valence-electron chi connectivity index (χ1n) is 5.75. The number of nitrogens with one attached hydrogen (secondary N) is 1. The minimum absolute atomic E-state index is 0.644. The molecule has 4 nitrogen and oxygen atoms in total. The summed E-state index contributed by atoms with van der Waals surface area (Å²) in [5.74, 6) is 9.73. The number of anilines is 1. The summed E-state index contributed by atoms with van der Waals surface area (Å²) in [4.78, 5) is 8.95. The molecule has 0 aliphatic heterocycles. The van der Waals surface area contributed by atoms with Gasteiger partial charge < -0.3 is 5.43 Å². The van der Waals surface area contributed by atoms with Crippen molar-refractivity contribution in [1.82, 2.24) is 9.97 Å². The molecule has 16 heavy (non-hydrogen) atoms. The van der Waals surface area contributed by atoms with Gasteiger partial charge in [-0.2, -0.15) is 11.8 Å². The maximum absolute atomic E-state index is 5.42. The smallest absolute Gasteiger partial charge is 0.143 e. The van der Waals surface area contributed by atoms with Crippen LogP contribution < -0.4 is 11.3 Å². The lowest BCUT2D eigenvalue weighted by atomic mass is 10.3. The minimum atomic E-state index is 0.644. The van der Waals surface area contributed by atoms with Gasteiger partial charge in [0.1, 0.15) is 11.6 Å². The van der Waals surface area contributed by atoms with E-state index in [0.717, 1.165) is 28.8 Å². The van der Waals surface area contributed by atoms with E-state index in [1.807, 2.05) is 17.8 Å². The molecule has 1 saturated carbocycles. The summed E-state index contributed by atoms with van der Waals surface area (Å²) in [7, 11) is 0. The van der Waals surface area contributed by atoms with Crippen molar-refractivity contribution in [2.45, 2.75) is 37.9 Å². The van der Waals surface area contributed by atoms with Gasteiger partial charge in [-0.3, -0.25) is 0 Å². The molecule has 0 unspecified atom stereocenters. The van der Waals surface area contributed by atoms with Crippen molar-refractivity contribution in [2.75, 3.05) is 11.2 Å². The van der Waals surface area contributed by atoms with E-state index >= 15 is 0 Å². The molecule has 1 fully saturated rings. The van der Waals surface area contributed by atoms with Crippen molar-refractivity contribution in [3.8, 4) is 0 Å². The van der Waals surface area contributed by atoms with E-state index in [4.69, 9.17) is 5.84 Å². The highest BCUT2D eigenvalue weighted by molar-refractivity contribution is 7.98. The standard InChI is InChI=1S/C11H18N4S/c1-2-5-16-7-11-13-9(8-3-4-8)6-10(14-11)15-12/h6,8H,2-5,7,12H2,1H3,(H,13,14,15). The summed E-state index contributed by atoms with van der Waals surface area (Å²) < 4.78 is 0. The molecule has 1 aliphatic carbocycles. The summed E-state index contributed by atoms with van der Waals surface area (Å²) >= 11 is 1.87. The van der Waals surface area contributed by atoms with Gasteiger partial charge in [0.05, 0.1) is 5.75 Å². The largest absolute Gasteiger partial charge is 0.308 e. The molecule has 0 atom stereocenters. The minimum Gasteiger partial charge on any atom is -0.308 e. The zero-order valence-corrected chi connectivity index (χ0v) is 10.4. The highest BCUT2D eigenvalue weighted by atomic mass is 32.2. The normalized spacial score (nSPS) is 15.1. The van der Waals surface area contributed by atoms with E-state index in [1.54, 1.807) is 0 Å². The quantitative estimate of drug-likeness (QED) is 0.452. The Morgan fingerprint density at radius 1 is 1.50 bits per heavy atom. The molecule has 0 spiro atoms. The number of hydrogen-bond donors (Lipinski definition) is 2. The van der Waals surface area contributed by atoms with Crippen LogP contribution in [0.2, 0.25) is 0 Å². The van der Waals surface area contributed by atoms with Crippen LogP contribution in [0.3, 0.4) is 0 Å². The lowest BCUT2D eigenvalue weighted by Gasteiger charge is -2.06. The molecule has 0 radical (unpaired) electrons. The fraction of sp³-hybridized carbons (Fsp3) is 0.636. The zero-order chi connectivity index (χ0) is 11.4. The van der Waals surface area contributed by atoms with Gasteiger partial charge in [-0.15, -0.1) is 0 Å². The Morgan fingerprint density at radius 3 is 2.94 bits per heavy atom. The number of aromatic nitrogens is 2. The van der Waals surface area contributed by atoms with Crippen LogP contribution in [-0.2, 0) is 5.75 Å². The molecule has 1 aromatic rings. The maximum Gasteiger partial charge on any atom is 0.143 e. The van der Waals surface area contributed by atoms with E-state index in [-0.39, 0.29) is 0 Å². The lowest BCUT2D eigenvalue weighted by molar-refractivity contribution is 0.929. The molecule has 1 heterocycles. The fourth-order valence-corrected chi connectivity index (χ4v) is 2.30. The van der Waals surface area contributed by atoms with Crippen LogP contribution in [0.5, 0.6) is 0 Å². The van der Waals surface area contributed by atoms with E-state index in [1.165, 1.54) is 19.3 Å². The third-order valence-electron chi connectivity index (χ3n) is 2.52. The topological polar surface area (TPSA) is 63.8 Å². The van der Waals surface area contributed by atoms with Gasteiger partial charge in [-0.25, -0.2) is 15.8 Å². The second-order valence-electron chi connectivity index (χ2n) is 4.07. The van der Waals surface area contributed by atoms with Crippen LogP contribution in [0.15, 0.2) is 6.07 Å². The number of thioether (sulfide) groups is 1. The Kier molecular flexibility index (Phi) is 4.01. The van der Waals surface area contributed by atoms with Crippen molar-refractivity contribution in [1.29, 1.82) is 0 Å². The second kappa shape index (κ2) is 5.50. The van der Waals surface area contributed by atoms with Crippen molar-refractivity contribution < 1.29 is 0 Å². The second-order valence-corrected chi connectivity index (χ2v) is 5.17. The van der Waals surface area contributed by atoms with Crippen LogP contribution in [-0.4, -0.2) is 15.7 Å². The summed E-state index contributed by atoms with van der Waals surface area (Å²) in [6, 6.07) is 1.96. The first-order chi connectivity index (χ1) is 7.83.